The van der Waals surface area contributed by atoms with Gasteiger partial charge >= 0.3 is 0 Å². The number of rotatable bonds is 1. The van der Waals surface area contributed by atoms with Crippen LogP contribution < -0.4 is 0 Å². The van der Waals surface area contributed by atoms with Gasteiger partial charge in [0, 0.05) is 22.3 Å². The van der Waals surface area contributed by atoms with Crippen LogP contribution in [0.4, 0.5) is 0 Å². The first-order valence-corrected chi connectivity index (χ1v) is 11.7. The second kappa shape index (κ2) is 7.20. The van der Waals surface area contributed by atoms with Crippen molar-refractivity contribution in [3.63, 3.8) is 0 Å². The molecular weight excluding hydrogens is 444 g/mol. The van der Waals surface area contributed by atoms with Crippen LogP contribution in [0.5, 0.6) is 0 Å². The van der Waals surface area contributed by atoms with E-state index in [9.17, 15) is 0 Å². The maximum atomic E-state index is 4.94. The molecule has 166 valence electrons. The Morgan fingerprint density at radius 3 is 1.03 bits per heavy atom. The van der Waals surface area contributed by atoms with Gasteiger partial charge in [-0.15, -0.1) is 10.2 Å². The number of fused-ring (bicyclic) bond motifs is 8. The van der Waals surface area contributed by atoms with Gasteiger partial charge in [0.1, 0.15) is 22.8 Å². The smallest absolute Gasteiger partial charge is 0.121 e. The van der Waals surface area contributed by atoms with E-state index in [1.54, 1.807) is 0 Å². The lowest BCUT2D eigenvalue weighted by Gasteiger charge is -2.03. The van der Waals surface area contributed by atoms with Crippen LogP contribution in [0, 0.1) is 0 Å². The Balaban J connectivity index is 1.38. The van der Waals surface area contributed by atoms with Crippen LogP contribution in [0.15, 0.2) is 107 Å². The lowest BCUT2D eigenvalue weighted by Crippen LogP contribution is -2.05. The first-order chi connectivity index (χ1) is 17.8. The molecule has 0 N–H and O–H groups in total. The Hall–Kier alpha value is -5.10. The lowest BCUT2D eigenvalue weighted by atomic mass is 10.1. The third-order valence-electron chi connectivity index (χ3n) is 6.71. The molecule has 0 bridgehead atoms. The zero-order valence-electron chi connectivity index (χ0n) is 18.9. The minimum absolute atomic E-state index is 0.714. The van der Waals surface area contributed by atoms with Crippen molar-refractivity contribution in [1.82, 2.24) is 19.9 Å². The predicted octanol–water partition coefficient (Wildman–Crippen LogP) is 5.82. The van der Waals surface area contributed by atoms with Crippen molar-refractivity contribution in [2.45, 2.75) is 0 Å². The van der Waals surface area contributed by atoms with Gasteiger partial charge in [0.25, 0.3) is 0 Å². The Morgan fingerprint density at radius 1 is 0.333 bits per heavy atom. The predicted molar refractivity (Wildman–Crippen MR) is 141 cm³/mol. The Kier molecular flexibility index (Phi) is 3.85. The van der Waals surface area contributed by atoms with Gasteiger partial charge in [-0.25, -0.2) is 19.9 Å². The van der Waals surface area contributed by atoms with Crippen molar-refractivity contribution in [2.24, 2.45) is 10.2 Å². The van der Waals surface area contributed by atoms with E-state index in [4.69, 9.17) is 30.1 Å². The molecule has 36 heavy (non-hydrogen) atoms. The number of nitrogens with zero attached hydrogens (tertiary/aromatic N) is 6. The average Bonchev–Trinajstić information content (AvgIpc) is 3.41. The van der Waals surface area contributed by atoms with Gasteiger partial charge in [-0.1, -0.05) is 72.8 Å². The number of hydrogen-bond acceptors (Lipinski definition) is 6. The molecular formula is C30H16N6. The second-order valence-corrected chi connectivity index (χ2v) is 8.81. The summed E-state index contributed by atoms with van der Waals surface area (Å²) < 4.78 is 0. The first-order valence-electron chi connectivity index (χ1n) is 11.7. The molecule has 6 aromatic rings. The molecule has 8 rings (SSSR count). The van der Waals surface area contributed by atoms with Gasteiger partial charge < -0.3 is 0 Å². The molecule has 4 aromatic carbocycles. The highest BCUT2D eigenvalue weighted by atomic mass is 15.2. The van der Waals surface area contributed by atoms with Crippen molar-refractivity contribution in [2.75, 3.05) is 0 Å². The molecule has 6 nitrogen and oxygen atoms in total. The summed E-state index contributed by atoms with van der Waals surface area (Å²) in [5.41, 5.74) is 12.0. The standard InChI is InChI=1S/C30H16N6/c1-3-11-19-17(9-1)25-29(33-23-15-7-5-13-21(23)31-25)27(19)35-36-28-20-12-4-2-10-18(20)26-30(28)34-24-16-8-6-14-22(24)32-26/h1-16H/b35-27-,36-28+. The van der Waals surface area contributed by atoms with E-state index in [0.717, 1.165) is 67.1 Å². The van der Waals surface area contributed by atoms with Crippen molar-refractivity contribution >= 4 is 33.5 Å². The van der Waals surface area contributed by atoms with Crippen LogP contribution in [0.25, 0.3) is 44.6 Å². The molecule has 2 aromatic heterocycles. The van der Waals surface area contributed by atoms with Crippen molar-refractivity contribution in [3.8, 4) is 22.5 Å². The van der Waals surface area contributed by atoms with E-state index in [-0.39, 0.29) is 0 Å². The van der Waals surface area contributed by atoms with Crippen LogP contribution in [0.3, 0.4) is 0 Å². The van der Waals surface area contributed by atoms with Gasteiger partial charge in [-0.3, -0.25) is 0 Å². The number of aromatic nitrogens is 4. The summed E-state index contributed by atoms with van der Waals surface area (Å²) in [5.74, 6) is 0. The lowest BCUT2D eigenvalue weighted by molar-refractivity contribution is 1.20. The molecule has 0 saturated heterocycles. The molecule has 0 amide bonds. The van der Waals surface area contributed by atoms with Crippen LogP contribution in [0.1, 0.15) is 22.5 Å². The van der Waals surface area contributed by atoms with Crippen LogP contribution in [-0.4, -0.2) is 31.4 Å². The van der Waals surface area contributed by atoms with E-state index >= 15 is 0 Å². The average molecular weight is 461 g/mol. The molecule has 0 atom stereocenters. The third kappa shape index (κ3) is 2.66. The van der Waals surface area contributed by atoms with Gasteiger partial charge in [0.2, 0.25) is 0 Å². The summed E-state index contributed by atoms with van der Waals surface area (Å²) in [4.78, 5) is 19.7. The molecule has 0 saturated carbocycles. The molecule has 0 fully saturated rings. The van der Waals surface area contributed by atoms with Crippen LogP contribution in [0.2, 0.25) is 0 Å². The van der Waals surface area contributed by atoms with E-state index in [1.165, 1.54) is 0 Å². The molecule has 0 spiro atoms. The SMILES string of the molecule is c1ccc2c(c1)/C(=N/N=C1\c3ccccc3-c3nc4ccccc4nc31)c1nc3ccccc3nc1-2. The van der Waals surface area contributed by atoms with Gasteiger partial charge in [-0.2, -0.15) is 0 Å². The third-order valence-corrected chi connectivity index (χ3v) is 6.71. The van der Waals surface area contributed by atoms with Gasteiger partial charge in [-0.05, 0) is 24.3 Å². The first kappa shape index (κ1) is 19.2. The maximum absolute atomic E-state index is 4.94. The fourth-order valence-electron chi connectivity index (χ4n) is 5.06. The van der Waals surface area contributed by atoms with E-state index in [0.29, 0.717) is 11.4 Å². The van der Waals surface area contributed by atoms with Crippen molar-refractivity contribution in [3.05, 3.63) is 120 Å². The normalized spacial score (nSPS) is 15.3. The fourth-order valence-corrected chi connectivity index (χ4v) is 5.06. The molecule has 0 unspecified atom stereocenters. The summed E-state index contributed by atoms with van der Waals surface area (Å²) in [5, 5.41) is 9.61. The van der Waals surface area contributed by atoms with Gasteiger partial charge in [0.15, 0.2) is 0 Å². The van der Waals surface area contributed by atoms with Crippen molar-refractivity contribution < 1.29 is 0 Å². The highest BCUT2D eigenvalue weighted by Crippen LogP contribution is 2.38. The minimum Gasteiger partial charge on any atom is -0.244 e. The number of para-hydroxylation sites is 4. The van der Waals surface area contributed by atoms with E-state index in [1.807, 2.05) is 84.9 Å². The number of benzene rings is 4. The molecule has 2 aliphatic carbocycles. The highest BCUT2D eigenvalue weighted by molar-refractivity contribution is 6.25. The summed E-state index contributed by atoms with van der Waals surface area (Å²) in [6.07, 6.45) is 0. The van der Waals surface area contributed by atoms with Crippen LogP contribution in [-0.2, 0) is 0 Å². The minimum atomic E-state index is 0.714. The summed E-state index contributed by atoms with van der Waals surface area (Å²) in [7, 11) is 0. The molecule has 2 aliphatic rings. The largest absolute Gasteiger partial charge is 0.244 e. The number of hydrogen-bond donors (Lipinski definition) is 0. The van der Waals surface area contributed by atoms with Crippen molar-refractivity contribution in [1.29, 1.82) is 0 Å². The molecule has 0 aliphatic heterocycles. The van der Waals surface area contributed by atoms with E-state index < -0.39 is 0 Å². The molecule has 6 heteroatoms. The van der Waals surface area contributed by atoms with E-state index in [2.05, 4.69) is 12.1 Å². The molecule has 2 heterocycles. The summed E-state index contributed by atoms with van der Waals surface area (Å²) in [6.45, 7) is 0. The fraction of sp³-hybridized carbons (Fsp3) is 0. The molecule has 0 radical (unpaired) electrons. The summed E-state index contributed by atoms with van der Waals surface area (Å²) >= 11 is 0. The Bertz CT molecular complexity index is 1810. The van der Waals surface area contributed by atoms with Crippen LogP contribution >= 0.6 is 0 Å². The monoisotopic (exact) mass is 460 g/mol. The zero-order chi connectivity index (χ0) is 23.6. The quantitative estimate of drug-likeness (QED) is 0.289. The zero-order valence-corrected chi connectivity index (χ0v) is 18.9. The Morgan fingerprint density at radius 2 is 0.639 bits per heavy atom. The summed E-state index contributed by atoms with van der Waals surface area (Å²) in [6, 6.07) is 32.1. The maximum Gasteiger partial charge on any atom is 0.121 e. The Labute approximate surface area is 205 Å². The second-order valence-electron chi connectivity index (χ2n) is 8.81. The topological polar surface area (TPSA) is 76.3 Å². The highest BCUT2D eigenvalue weighted by Gasteiger charge is 2.31. The van der Waals surface area contributed by atoms with Gasteiger partial charge in [0.05, 0.1) is 33.5 Å².